The van der Waals surface area contributed by atoms with Gasteiger partial charge in [-0.3, -0.25) is 0 Å². The molecule has 0 amide bonds. The average Bonchev–Trinajstić information content (AvgIpc) is 2.29. The van der Waals surface area contributed by atoms with Gasteiger partial charge in [-0.15, -0.1) is 0 Å². The Morgan fingerprint density at radius 2 is 1.71 bits per heavy atom. The maximum Gasteiger partial charge on any atom is -0.00204 e. The van der Waals surface area contributed by atoms with E-state index >= 15 is 0 Å². The van der Waals surface area contributed by atoms with Crippen LogP contribution in [0.15, 0.2) is 0 Å². The highest BCUT2D eigenvalue weighted by Gasteiger charge is 2.31. The van der Waals surface area contributed by atoms with Crippen LogP contribution in [0.2, 0.25) is 0 Å². The third-order valence-corrected chi connectivity index (χ3v) is 4.85. The van der Waals surface area contributed by atoms with Crippen LogP contribution in [-0.2, 0) is 0 Å². The quantitative estimate of drug-likeness (QED) is 0.721. The molecule has 0 aromatic carbocycles. The van der Waals surface area contributed by atoms with Gasteiger partial charge in [-0.2, -0.15) is 0 Å². The van der Waals surface area contributed by atoms with Gasteiger partial charge in [-0.1, -0.05) is 41.0 Å². The first kappa shape index (κ1) is 15.0. The molecule has 1 saturated carbocycles. The first-order chi connectivity index (χ1) is 7.95. The van der Waals surface area contributed by atoms with Gasteiger partial charge < -0.3 is 5.32 Å². The zero-order chi connectivity index (χ0) is 12.9. The number of hydrogen-bond donors (Lipinski definition) is 1. The number of rotatable bonds is 6. The van der Waals surface area contributed by atoms with Crippen LogP contribution < -0.4 is 5.32 Å². The van der Waals surface area contributed by atoms with Gasteiger partial charge in [0.25, 0.3) is 0 Å². The summed E-state index contributed by atoms with van der Waals surface area (Å²) in [7, 11) is 0. The van der Waals surface area contributed by atoms with Gasteiger partial charge in [0.1, 0.15) is 0 Å². The van der Waals surface area contributed by atoms with Crippen molar-refractivity contribution in [3.05, 3.63) is 0 Å². The summed E-state index contributed by atoms with van der Waals surface area (Å²) in [5.74, 6) is 2.69. The van der Waals surface area contributed by atoms with Crippen molar-refractivity contribution >= 4 is 0 Å². The molecule has 1 fully saturated rings. The van der Waals surface area contributed by atoms with E-state index in [1.165, 1.54) is 45.2 Å². The van der Waals surface area contributed by atoms with Gasteiger partial charge in [0, 0.05) is 0 Å². The fraction of sp³-hybridized carbons (Fsp3) is 1.00. The molecule has 1 aliphatic rings. The average molecular weight is 239 g/mol. The number of nitrogens with one attached hydrogen (secondary N) is 1. The van der Waals surface area contributed by atoms with E-state index in [0.717, 1.165) is 17.8 Å². The molecule has 0 bridgehead atoms. The van der Waals surface area contributed by atoms with Crippen LogP contribution in [0.3, 0.4) is 0 Å². The maximum absolute atomic E-state index is 3.62. The molecule has 1 heteroatoms. The third-order valence-electron chi connectivity index (χ3n) is 4.85. The highest BCUT2D eigenvalue weighted by molar-refractivity contribution is 4.83. The molecular weight excluding hydrogens is 206 g/mol. The smallest absolute Gasteiger partial charge is 0.00204 e. The maximum atomic E-state index is 3.62. The largest absolute Gasteiger partial charge is 0.316 e. The summed E-state index contributed by atoms with van der Waals surface area (Å²) in [4.78, 5) is 0. The fourth-order valence-electron chi connectivity index (χ4n) is 3.01. The van der Waals surface area contributed by atoms with Gasteiger partial charge in [-0.05, 0) is 61.9 Å². The predicted octanol–water partition coefficient (Wildman–Crippen LogP) is 4.47. The van der Waals surface area contributed by atoms with Crippen LogP contribution in [0.4, 0.5) is 0 Å². The first-order valence-corrected chi connectivity index (χ1v) is 7.66. The lowest BCUT2D eigenvalue weighted by molar-refractivity contribution is 0.127. The standard InChI is InChI=1S/C16H33N/c1-6-16(4,5)15-9-7-14(8-10-15)12-17-11-13(2)3/h13-15,17H,6-12H2,1-5H3. The SMILES string of the molecule is CCC(C)(C)C1CCC(CNCC(C)C)CC1. The van der Waals surface area contributed by atoms with Crippen molar-refractivity contribution in [2.75, 3.05) is 13.1 Å². The Morgan fingerprint density at radius 3 is 2.18 bits per heavy atom. The molecule has 0 saturated heterocycles. The molecule has 0 radical (unpaired) electrons. The van der Waals surface area contributed by atoms with E-state index in [0.29, 0.717) is 5.41 Å². The fourth-order valence-corrected chi connectivity index (χ4v) is 3.01. The van der Waals surface area contributed by atoms with Gasteiger partial charge in [0.15, 0.2) is 0 Å². The summed E-state index contributed by atoms with van der Waals surface area (Å²) >= 11 is 0. The number of hydrogen-bond acceptors (Lipinski definition) is 1. The Kier molecular flexibility index (Phi) is 5.99. The molecule has 1 rings (SSSR count). The molecule has 1 aliphatic carbocycles. The van der Waals surface area contributed by atoms with Crippen molar-refractivity contribution in [1.82, 2.24) is 5.32 Å². The first-order valence-electron chi connectivity index (χ1n) is 7.66. The Bertz CT molecular complexity index is 200. The lowest BCUT2D eigenvalue weighted by atomic mass is 9.67. The summed E-state index contributed by atoms with van der Waals surface area (Å²) in [6, 6.07) is 0. The molecule has 0 unspecified atom stereocenters. The van der Waals surface area contributed by atoms with E-state index in [9.17, 15) is 0 Å². The van der Waals surface area contributed by atoms with Gasteiger partial charge in [-0.25, -0.2) is 0 Å². The van der Waals surface area contributed by atoms with Gasteiger partial charge >= 0.3 is 0 Å². The van der Waals surface area contributed by atoms with Crippen molar-refractivity contribution < 1.29 is 0 Å². The van der Waals surface area contributed by atoms with E-state index in [-0.39, 0.29) is 0 Å². The van der Waals surface area contributed by atoms with Crippen LogP contribution in [0.25, 0.3) is 0 Å². The van der Waals surface area contributed by atoms with Crippen molar-refractivity contribution in [3.8, 4) is 0 Å². The van der Waals surface area contributed by atoms with Crippen molar-refractivity contribution in [1.29, 1.82) is 0 Å². The van der Waals surface area contributed by atoms with Crippen molar-refractivity contribution in [2.45, 2.75) is 66.7 Å². The Labute approximate surface area is 109 Å². The lowest BCUT2D eigenvalue weighted by Crippen LogP contribution is -2.32. The second kappa shape index (κ2) is 6.78. The lowest BCUT2D eigenvalue weighted by Gasteiger charge is -2.39. The van der Waals surface area contributed by atoms with Crippen LogP contribution in [0.5, 0.6) is 0 Å². The molecule has 17 heavy (non-hydrogen) atoms. The Morgan fingerprint density at radius 1 is 1.12 bits per heavy atom. The van der Waals surface area contributed by atoms with E-state index in [4.69, 9.17) is 0 Å². The highest BCUT2D eigenvalue weighted by atomic mass is 14.9. The minimum atomic E-state index is 0.566. The van der Waals surface area contributed by atoms with Crippen LogP contribution in [0.1, 0.15) is 66.7 Å². The van der Waals surface area contributed by atoms with E-state index < -0.39 is 0 Å². The molecule has 0 aromatic rings. The monoisotopic (exact) mass is 239 g/mol. The van der Waals surface area contributed by atoms with Crippen LogP contribution >= 0.6 is 0 Å². The van der Waals surface area contributed by atoms with E-state index in [1.807, 2.05) is 0 Å². The van der Waals surface area contributed by atoms with Gasteiger partial charge in [0.05, 0.1) is 0 Å². The predicted molar refractivity (Wildman–Crippen MR) is 77.2 cm³/mol. The summed E-state index contributed by atoms with van der Waals surface area (Å²) in [5.41, 5.74) is 0.566. The van der Waals surface area contributed by atoms with Crippen molar-refractivity contribution in [2.24, 2.45) is 23.2 Å². The van der Waals surface area contributed by atoms with Gasteiger partial charge in [0.2, 0.25) is 0 Å². The summed E-state index contributed by atoms with van der Waals surface area (Å²) in [6.45, 7) is 14.2. The Balaban J connectivity index is 2.22. The van der Waals surface area contributed by atoms with Crippen LogP contribution in [-0.4, -0.2) is 13.1 Å². The minimum Gasteiger partial charge on any atom is -0.316 e. The zero-order valence-electron chi connectivity index (χ0n) is 12.7. The molecule has 102 valence electrons. The Hall–Kier alpha value is -0.0400. The molecular formula is C16H33N. The molecule has 1 nitrogen and oxygen atoms in total. The van der Waals surface area contributed by atoms with E-state index in [2.05, 4.69) is 39.9 Å². The van der Waals surface area contributed by atoms with E-state index in [1.54, 1.807) is 0 Å². The molecule has 0 aromatic heterocycles. The van der Waals surface area contributed by atoms with Crippen molar-refractivity contribution in [3.63, 3.8) is 0 Å². The molecule has 0 atom stereocenters. The second-order valence-corrected chi connectivity index (χ2v) is 7.11. The normalized spacial score (nSPS) is 26.5. The summed E-state index contributed by atoms with van der Waals surface area (Å²) < 4.78 is 0. The summed E-state index contributed by atoms with van der Waals surface area (Å²) in [6.07, 6.45) is 7.12. The molecule has 0 spiro atoms. The highest BCUT2D eigenvalue weighted by Crippen LogP contribution is 2.41. The molecule has 0 heterocycles. The topological polar surface area (TPSA) is 12.0 Å². The minimum absolute atomic E-state index is 0.566. The summed E-state index contributed by atoms with van der Waals surface area (Å²) in [5, 5.41) is 3.62. The zero-order valence-corrected chi connectivity index (χ0v) is 12.7. The molecule has 1 N–H and O–H groups in total. The van der Waals surface area contributed by atoms with Crippen LogP contribution in [0, 0.1) is 23.2 Å². The second-order valence-electron chi connectivity index (χ2n) is 7.11. The third kappa shape index (κ3) is 4.99. The molecule has 0 aliphatic heterocycles.